The number of fused-ring (bicyclic) bond motifs is 2. The minimum atomic E-state index is -0.402. The molecule has 30 heavy (non-hydrogen) atoms. The predicted molar refractivity (Wildman–Crippen MR) is 111 cm³/mol. The number of nitrogens with one attached hydrogen (secondary N) is 1. The Kier molecular flexibility index (Phi) is 4.71. The largest absolute Gasteiger partial charge is 0.486 e. The first-order chi connectivity index (χ1) is 14.7. The van der Waals surface area contributed by atoms with Gasteiger partial charge in [0.2, 0.25) is 11.8 Å². The second-order valence-corrected chi connectivity index (χ2v) is 7.43. The van der Waals surface area contributed by atoms with Crippen LogP contribution in [0.2, 0.25) is 0 Å². The van der Waals surface area contributed by atoms with Crippen molar-refractivity contribution in [3.8, 4) is 11.5 Å². The monoisotopic (exact) mass is 403 g/mol. The molecule has 2 aromatic carbocycles. The minimum Gasteiger partial charge on any atom is -0.486 e. The average molecular weight is 403 g/mol. The summed E-state index contributed by atoms with van der Waals surface area (Å²) >= 11 is 0. The molecule has 2 aliphatic heterocycles. The third-order valence-electron chi connectivity index (χ3n) is 5.52. The molecule has 0 saturated carbocycles. The smallest absolute Gasteiger partial charge is 0.227 e. The van der Waals surface area contributed by atoms with E-state index in [-0.39, 0.29) is 18.2 Å². The molecule has 3 aromatic rings. The first kappa shape index (κ1) is 18.4. The van der Waals surface area contributed by atoms with Crippen LogP contribution in [0.25, 0.3) is 10.8 Å². The molecule has 0 unspecified atom stereocenters. The van der Waals surface area contributed by atoms with Gasteiger partial charge >= 0.3 is 0 Å². The molecule has 1 fully saturated rings. The lowest BCUT2D eigenvalue weighted by Crippen LogP contribution is -2.33. The Bertz CT molecular complexity index is 1130. The molecule has 2 aliphatic rings. The normalized spacial score (nSPS) is 17.9. The molecule has 2 amide bonds. The maximum absolute atomic E-state index is 12.7. The van der Waals surface area contributed by atoms with E-state index in [2.05, 4.69) is 10.3 Å². The van der Waals surface area contributed by atoms with E-state index in [1.54, 1.807) is 23.2 Å². The standard InChI is InChI=1S/C23H21N3O4/c27-22-11-16(14-26(22)17-5-6-20-21(12-17)30-10-9-29-20)23(28)25-13-19-18-4-2-1-3-15(18)7-8-24-19/h1-8,12,16H,9-11,13-14H2,(H,25,28)/t16-/m1/s1. The SMILES string of the molecule is O=C(NCc1nccc2ccccc12)[C@@H]1CC(=O)N(c2ccc3c(c2)OCCO3)C1. The zero-order valence-corrected chi connectivity index (χ0v) is 16.3. The van der Waals surface area contributed by atoms with Gasteiger partial charge in [-0.05, 0) is 23.6 Å². The molecule has 1 aromatic heterocycles. The summed E-state index contributed by atoms with van der Waals surface area (Å²) in [6, 6.07) is 15.3. The fourth-order valence-electron chi connectivity index (χ4n) is 3.97. The molecule has 152 valence electrons. The number of aromatic nitrogens is 1. The van der Waals surface area contributed by atoms with Crippen molar-refractivity contribution in [2.75, 3.05) is 24.7 Å². The van der Waals surface area contributed by atoms with Crippen LogP contribution in [0.15, 0.2) is 54.7 Å². The van der Waals surface area contributed by atoms with Gasteiger partial charge < -0.3 is 19.7 Å². The van der Waals surface area contributed by atoms with E-state index >= 15 is 0 Å². The van der Waals surface area contributed by atoms with Crippen LogP contribution in [0.3, 0.4) is 0 Å². The Morgan fingerprint density at radius 3 is 2.83 bits per heavy atom. The van der Waals surface area contributed by atoms with E-state index in [1.807, 2.05) is 36.4 Å². The highest BCUT2D eigenvalue weighted by Crippen LogP contribution is 2.36. The van der Waals surface area contributed by atoms with E-state index < -0.39 is 5.92 Å². The van der Waals surface area contributed by atoms with Crippen molar-refractivity contribution in [3.63, 3.8) is 0 Å². The van der Waals surface area contributed by atoms with Crippen LogP contribution < -0.4 is 19.7 Å². The third-order valence-corrected chi connectivity index (χ3v) is 5.52. The number of ether oxygens (including phenoxy) is 2. The summed E-state index contributed by atoms with van der Waals surface area (Å²) in [5.41, 5.74) is 1.53. The van der Waals surface area contributed by atoms with Crippen molar-refractivity contribution in [1.29, 1.82) is 0 Å². The minimum absolute atomic E-state index is 0.0740. The molecule has 0 bridgehead atoms. The topological polar surface area (TPSA) is 80.8 Å². The van der Waals surface area contributed by atoms with Gasteiger partial charge in [-0.3, -0.25) is 14.6 Å². The Hall–Kier alpha value is -3.61. The summed E-state index contributed by atoms with van der Waals surface area (Å²) in [5.74, 6) is 0.684. The highest BCUT2D eigenvalue weighted by molar-refractivity contribution is 6.00. The van der Waals surface area contributed by atoms with Gasteiger partial charge in [0.1, 0.15) is 13.2 Å². The number of amides is 2. The van der Waals surface area contributed by atoms with Gasteiger partial charge in [0, 0.05) is 36.3 Å². The van der Waals surface area contributed by atoms with Crippen molar-refractivity contribution >= 4 is 28.3 Å². The molecule has 0 radical (unpaired) electrons. The maximum atomic E-state index is 12.7. The number of hydrogen-bond donors (Lipinski definition) is 1. The van der Waals surface area contributed by atoms with Gasteiger partial charge in [0.05, 0.1) is 18.2 Å². The van der Waals surface area contributed by atoms with Gasteiger partial charge in [-0.25, -0.2) is 0 Å². The molecular weight excluding hydrogens is 382 g/mol. The molecule has 1 atom stereocenters. The van der Waals surface area contributed by atoms with Crippen LogP contribution in [0.1, 0.15) is 12.1 Å². The maximum Gasteiger partial charge on any atom is 0.227 e. The van der Waals surface area contributed by atoms with Crippen LogP contribution in [-0.4, -0.2) is 36.6 Å². The summed E-state index contributed by atoms with van der Waals surface area (Å²) in [5, 5.41) is 5.05. The summed E-state index contributed by atoms with van der Waals surface area (Å²) in [6.45, 7) is 1.67. The van der Waals surface area contributed by atoms with E-state index in [0.29, 0.717) is 37.8 Å². The summed E-state index contributed by atoms with van der Waals surface area (Å²) < 4.78 is 11.1. The number of carbonyl (C=O) groups excluding carboxylic acids is 2. The lowest BCUT2D eigenvalue weighted by molar-refractivity contribution is -0.126. The summed E-state index contributed by atoms with van der Waals surface area (Å²) in [7, 11) is 0. The first-order valence-corrected chi connectivity index (χ1v) is 9.99. The Labute approximate surface area is 173 Å². The van der Waals surface area contributed by atoms with E-state index in [0.717, 1.165) is 22.2 Å². The lowest BCUT2D eigenvalue weighted by Gasteiger charge is -2.22. The lowest BCUT2D eigenvalue weighted by atomic mass is 10.1. The quantitative estimate of drug-likeness (QED) is 0.724. The first-order valence-electron chi connectivity index (χ1n) is 9.99. The zero-order chi connectivity index (χ0) is 20.5. The van der Waals surface area contributed by atoms with Crippen molar-refractivity contribution in [2.45, 2.75) is 13.0 Å². The van der Waals surface area contributed by atoms with E-state index in [9.17, 15) is 9.59 Å². The Morgan fingerprint density at radius 2 is 1.93 bits per heavy atom. The highest BCUT2D eigenvalue weighted by atomic mass is 16.6. The van der Waals surface area contributed by atoms with Crippen molar-refractivity contribution < 1.29 is 19.1 Å². The van der Waals surface area contributed by atoms with Crippen LogP contribution in [0, 0.1) is 5.92 Å². The Balaban J connectivity index is 1.27. The van der Waals surface area contributed by atoms with Crippen LogP contribution in [-0.2, 0) is 16.1 Å². The second-order valence-electron chi connectivity index (χ2n) is 7.43. The number of benzene rings is 2. The molecule has 1 saturated heterocycles. The Morgan fingerprint density at radius 1 is 1.10 bits per heavy atom. The number of carbonyl (C=O) groups is 2. The fourth-order valence-corrected chi connectivity index (χ4v) is 3.97. The number of nitrogens with zero attached hydrogens (tertiary/aromatic N) is 2. The van der Waals surface area contributed by atoms with Crippen molar-refractivity contribution in [3.05, 3.63) is 60.4 Å². The zero-order valence-electron chi connectivity index (χ0n) is 16.3. The molecule has 7 nitrogen and oxygen atoms in total. The highest BCUT2D eigenvalue weighted by Gasteiger charge is 2.35. The van der Waals surface area contributed by atoms with Crippen LogP contribution >= 0.6 is 0 Å². The van der Waals surface area contributed by atoms with Gasteiger partial charge in [-0.15, -0.1) is 0 Å². The summed E-state index contributed by atoms with van der Waals surface area (Å²) in [6.07, 6.45) is 1.93. The molecule has 3 heterocycles. The molecule has 5 rings (SSSR count). The van der Waals surface area contributed by atoms with Crippen LogP contribution in [0.5, 0.6) is 11.5 Å². The van der Waals surface area contributed by atoms with Gasteiger partial charge in [-0.1, -0.05) is 24.3 Å². The molecule has 0 spiro atoms. The van der Waals surface area contributed by atoms with Crippen LogP contribution in [0.4, 0.5) is 5.69 Å². The average Bonchev–Trinajstić information content (AvgIpc) is 3.19. The van der Waals surface area contributed by atoms with Gasteiger partial charge in [0.15, 0.2) is 11.5 Å². The van der Waals surface area contributed by atoms with Crippen molar-refractivity contribution in [2.24, 2.45) is 5.92 Å². The number of pyridine rings is 1. The number of rotatable bonds is 4. The van der Waals surface area contributed by atoms with Gasteiger partial charge in [0.25, 0.3) is 0 Å². The number of hydrogen-bond acceptors (Lipinski definition) is 5. The molecular formula is C23H21N3O4. The van der Waals surface area contributed by atoms with Crippen molar-refractivity contribution in [1.82, 2.24) is 10.3 Å². The van der Waals surface area contributed by atoms with E-state index in [1.165, 1.54) is 0 Å². The molecule has 0 aliphatic carbocycles. The van der Waals surface area contributed by atoms with E-state index in [4.69, 9.17) is 9.47 Å². The second kappa shape index (κ2) is 7.67. The molecule has 7 heteroatoms. The van der Waals surface area contributed by atoms with Gasteiger partial charge in [-0.2, -0.15) is 0 Å². The molecule has 1 N–H and O–H groups in total. The predicted octanol–water partition coefficient (Wildman–Crippen LogP) is 2.68. The fraction of sp³-hybridized carbons (Fsp3) is 0.261. The number of anilines is 1. The summed E-state index contributed by atoms with van der Waals surface area (Å²) in [4.78, 5) is 31.4. The third kappa shape index (κ3) is 3.43.